The largest absolute Gasteiger partial charge is 0.489 e. The molecule has 0 saturated carbocycles. The monoisotopic (exact) mass is 467 g/mol. The Labute approximate surface area is 195 Å². The summed E-state index contributed by atoms with van der Waals surface area (Å²) in [6, 6.07) is 23.1. The van der Waals surface area contributed by atoms with Crippen molar-refractivity contribution in [2.24, 2.45) is 5.10 Å². The fraction of sp³-hybridized carbons (Fsp3) is 0.0833. The summed E-state index contributed by atoms with van der Waals surface area (Å²) < 4.78 is 5.83. The highest BCUT2D eigenvalue weighted by atomic mass is 35.5. The van der Waals surface area contributed by atoms with Crippen LogP contribution in [0.1, 0.15) is 18.1 Å². The van der Waals surface area contributed by atoms with Crippen LogP contribution in [0.2, 0.25) is 10.0 Å². The van der Waals surface area contributed by atoms with Crippen LogP contribution in [0, 0.1) is 0 Å². The zero-order chi connectivity index (χ0) is 21.6. The maximum absolute atomic E-state index is 6.17. The minimum Gasteiger partial charge on any atom is -0.489 e. The van der Waals surface area contributed by atoms with Crippen molar-refractivity contribution < 1.29 is 4.74 Å². The van der Waals surface area contributed by atoms with Crippen molar-refractivity contribution in [3.8, 4) is 17.0 Å². The normalized spacial score (nSPS) is 11.4. The lowest BCUT2D eigenvalue weighted by Gasteiger charge is -2.08. The summed E-state index contributed by atoms with van der Waals surface area (Å²) in [5.41, 5.74) is 7.73. The highest BCUT2D eigenvalue weighted by molar-refractivity contribution is 7.14. The van der Waals surface area contributed by atoms with E-state index in [1.807, 2.05) is 85.1 Å². The molecule has 4 nitrogen and oxygen atoms in total. The Morgan fingerprint density at radius 3 is 2.48 bits per heavy atom. The van der Waals surface area contributed by atoms with Gasteiger partial charge in [0, 0.05) is 26.6 Å². The van der Waals surface area contributed by atoms with Crippen LogP contribution in [0.3, 0.4) is 0 Å². The molecule has 0 saturated heterocycles. The van der Waals surface area contributed by atoms with Gasteiger partial charge in [-0.3, -0.25) is 5.43 Å². The standard InChI is InChI=1S/C24H19Cl2N3OS/c1-16(28-29-24-27-23(15-31-24)18-6-10-20(25)11-7-18)17-8-12-21(13-9-17)30-14-19-4-2-3-5-22(19)26/h2-13,15H,14H2,1H3,(H,27,29)/b28-16-. The van der Waals surface area contributed by atoms with E-state index in [2.05, 4.69) is 15.5 Å². The van der Waals surface area contributed by atoms with Crippen LogP contribution in [-0.2, 0) is 6.61 Å². The summed E-state index contributed by atoms with van der Waals surface area (Å²) in [4.78, 5) is 4.58. The van der Waals surface area contributed by atoms with Gasteiger partial charge in [-0.2, -0.15) is 5.10 Å². The average Bonchev–Trinajstić information content (AvgIpc) is 3.27. The van der Waals surface area contributed by atoms with Gasteiger partial charge in [0.1, 0.15) is 12.4 Å². The molecule has 0 unspecified atom stereocenters. The molecule has 3 aromatic carbocycles. The van der Waals surface area contributed by atoms with Gasteiger partial charge >= 0.3 is 0 Å². The quantitative estimate of drug-likeness (QED) is 0.225. The second kappa shape index (κ2) is 9.96. The molecule has 0 amide bonds. The predicted molar refractivity (Wildman–Crippen MR) is 131 cm³/mol. The SMILES string of the molecule is C/C(=N/Nc1nc(-c2ccc(Cl)cc2)cs1)c1ccc(OCc2ccccc2Cl)cc1. The van der Waals surface area contributed by atoms with Gasteiger partial charge in [-0.05, 0) is 55.0 Å². The molecule has 156 valence electrons. The first-order valence-corrected chi connectivity index (χ1v) is 11.2. The van der Waals surface area contributed by atoms with Crippen LogP contribution in [0.15, 0.2) is 83.3 Å². The number of hydrazone groups is 1. The van der Waals surface area contributed by atoms with Crippen molar-refractivity contribution in [3.63, 3.8) is 0 Å². The molecule has 0 aliphatic rings. The van der Waals surface area contributed by atoms with Crippen LogP contribution < -0.4 is 10.2 Å². The minimum absolute atomic E-state index is 0.424. The van der Waals surface area contributed by atoms with Gasteiger partial charge in [0.2, 0.25) is 5.13 Å². The number of hydrogen-bond donors (Lipinski definition) is 1. The van der Waals surface area contributed by atoms with Gasteiger partial charge < -0.3 is 4.74 Å². The number of thiazole rings is 1. The van der Waals surface area contributed by atoms with Gasteiger partial charge in [0.25, 0.3) is 0 Å². The smallest absolute Gasteiger partial charge is 0.203 e. The fourth-order valence-electron chi connectivity index (χ4n) is 2.84. The van der Waals surface area contributed by atoms with E-state index in [1.165, 1.54) is 11.3 Å². The van der Waals surface area contributed by atoms with Gasteiger partial charge in [0.15, 0.2) is 0 Å². The first kappa shape index (κ1) is 21.4. The van der Waals surface area contributed by atoms with Crippen LogP contribution in [-0.4, -0.2) is 10.7 Å². The molecule has 0 aliphatic heterocycles. The Morgan fingerprint density at radius 2 is 1.74 bits per heavy atom. The topological polar surface area (TPSA) is 46.5 Å². The van der Waals surface area contributed by atoms with E-state index >= 15 is 0 Å². The van der Waals surface area contributed by atoms with Crippen LogP contribution in [0.4, 0.5) is 5.13 Å². The van der Waals surface area contributed by atoms with Gasteiger partial charge in [0.05, 0.1) is 11.4 Å². The van der Waals surface area contributed by atoms with E-state index < -0.39 is 0 Å². The lowest BCUT2D eigenvalue weighted by atomic mass is 10.1. The van der Waals surface area contributed by atoms with E-state index in [-0.39, 0.29) is 0 Å². The maximum atomic E-state index is 6.17. The van der Waals surface area contributed by atoms with Gasteiger partial charge in [-0.25, -0.2) is 4.98 Å². The third kappa shape index (κ3) is 5.64. The number of hydrogen-bond acceptors (Lipinski definition) is 5. The minimum atomic E-state index is 0.424. The number of rotatable bonds is 7. The Hall–Kier alpha value is -2.86. The molecule has 4 aromatic rings. The molecule has 4 rings (SSSR count). The van der Waals surface area contributed by atoms with E-state index in [1.54, 1.807) is 0 Å². The van der Waals surface area contributed by atoms with Crippen molar-refractivity contribution in [1.82, 2.24) is 4.98 Å². The second-order valence-electron chi connectivity index (χ2n) is 6.76. The molecule has 0 fully saturated rings. The molecule has 0 atom stereocenters. The third-order valence-corrected chi connectivity index (χ3v) is 5.96. The van der Waals surface area contributed by atoms with Gasteiger partial charge in [-0.15, -0.1) is 11.3 Å². The lowest BCUT2D eigenvalue weighted by molar-refractivity contribution is 0.306. The van der Waals surface area contributed by atoms with Crippen molar-refractivity contribution in [3.05, 3.63) is 99.3 Å². The molecular weight excluding hydrogens is 449 g/mol. The third-order valence-electron chi connectivity index (χ3n) is 4.59. The second-order valence-corrected chi connectivity index (χ2v) is 8.46. The van der Waals surface area contributed by atoms with E-state index in [0.717, 1.165) is 39.0 Å². The van der Waals surface area contributed by atoms with Crippen molar-refractivity contribution in [2.75, 3.05) is 5.43 Å². The van der Waals surface area contributed by atoms with Crippen molar-refractivity contribution in [1.29, 1.82) is 0 Å². The molecule has 7 heteroatoms. The summed E-state index contributed by atoms with van der Waals surface area (Å²) in [7, 11) is 0. The summed E-state index contributed by atoms with van der Waals surface area (Å²) in [5, 5.41) is 8.58. The van der Waals surface area contributed by atoms with Crippen molar-refractivity contribution >= 4 is 45.4 Å². The number of nitrogens with zero attached hydrogens (tertiary/aromatic N) is 2. The average molecular weight is 468 g/mol. The molecule has 0 radical (unpaired) electrons. The summed E-state index contributed by atoms with van der Waals surface area (Å²) in [6.45, 7) is 2.37. The Morgan fingerprint density at radius 1 is 1.00 bits per heavy atom. The Bertz CT molecular complexity index is 1190. The number of anilines is 1. The summed E-state index contributed by atoms with van der Waals surface area (Å²) in [6.07, 6.45) is 0. The van der Waals surface area contributed by atoms with Crippen molar-refractivity contribution in [2.45, 2.75) is 13.5 Å². The molecule has 1 heterocycles. The first-order chi connectivity index (χ1) is 15.1. The molecule has 0 aliphatic carbocycles. The van der Waals surface area contributed by atoms with Crippen LogP contribution in [0.5, 0.6) is 5.75 Å². The lowest BCUT2D eigenvalue weighted by Crippen LogP contribution is -2.00. The fourth-order valence-corrected chi connectivity index (χ4v) is 3.82. The number of ether oxygens (including phenoxy) is 1. The number of halogens is 2. The molecule has 0 spiro atoms. The van der Waals surface area contributed by atoms with Crippen LogP contribution >= 0.6 is 34.5 Å². The Kier molecular flexibility index (Phi) is 6.87. The summed E-state index contributed by atoms with van der Waals surface area (Å²) >= 11 is 13.6. The molecule has 31 heavy (non-hydrogen) atoms. The molecular formula is C24H19Cl2N3OS. The Balaban J connectivity index is 1.36. The van der Waals surface area contributed by atoms with E-state index in [9.17, 15) is 0 Å². The molecule has 1 aromatic heterocycles. The highest BCUT2D eigenvalue weighted by Gasteiger charge is 2.05. The summed E-state index contributed by atoms with van der Waals surface area (Å²) in [5.74, 6) is 0.775. The predicted octanol–water partition coefficient (Wildman–Crippen LogP) is 7.53. The number of aromatic nitrogens is 1. The van der Waals surface area contributed by atoms with Crippen LogP contribution in [0.25, 0.3) is 11.3 Å². The van der Waals surface area contributed by atoms with Gasteiger partial charge in [-0.1, -0.05) is 53.5 Å². The first-order valence-electron chi connectivity index (χ1n) is 9.57. The zero-order valence-electron chi connectivity index (χ0n) is 16.7. The molecule has 0 bridgehead atoms. The van der Waals surface area contributed by atoms with E-state index in [4.69, 9.17) is 27.9 Å². The highest BCUT2D eigenvalue weighted by Crippen LogP contribution is 2.26. The van der Waals surface area contributed by atoms with E-state index in [0.29, 0.717) is 16.7 Å². The maximum Gasteiger partial charge on any atom is 0.203 e. The number of nitrogens with one attached hydrogen (secondary N) is 1. The zero-order valence-corrected chi connectivity index (χ0v) is 19.0. The number of benzene rings is 3. The molecule has 1 N–H and O–H groups in total.